The Kier molecular flexibility index (Phi) is 2.80. The number of rotatable bonds is 2. The summed E-state index contributed by atoms with van der Waals surface area (Å²) in [6, 6.07) is 0. The Morgan fingerprint density at radius 2 is 2.00 bits per heavy atom. The van der Waals surface area contributed by atoms with Crippen molar-refractivity contribution in [1.82, 2.24) is 14.9 Å². The van der Waals surface area contributed by atoms with Gasteiger partial charge in [0.15, 0.2) is 5.82 Å². The summed E-state index contributed by atoms with van der Waals surface area (Å²) in [5.74, 6) is 1.72. The van der Waals surface area contributed by atoms with E-state index in [1.165, 1.54) is 0 Å². The van der Waals surface area contributed by atoms with Crippen molar-refractivity contribution in [2.24, 2.45) is 5.92 Å². The molecule has 1 atom stereocenters. The average molecular weight is 261 g/mol. The van der Waals surface area contributed by atoms with Crippen LogP contribution in [0.4, 0.5) is 11.5 Å². The molecule has 1 aromatic rings. The zero-order chi connectivity index (χ0) is 13.6. The summed E-state index contributed by atoms with van der Waals surface area (Å²) in [4.78, 5) is 22.5. The molecule has 2 fully saturated rings. The second-order valence-corrected chi connectivity index (χ2v) is 5.50. The van der Waals surface area contributed by atoms with Crippen molar-refractivity contribution in [3.63, 3.8) is 0 Å². The Morgan fingerprint density at radius 1 is 1.26 bits per heavy atom. The van der Waals surface area contributed by atoms with Gasteiger partial charge < -0.3 is 16.4 Å². The SMILES string of the molecule is Cc1nc(N)c(N)c(C2CCN(C(=O)C3CC3)C2)n1. The number of aromatic nitrogens is 2. The predicted molar refractivity (Wildman–Crippen MR) is 72.3 cm³/mol. The highest BCUT2D eigenvalue weighted by Gasteiger charge is 2.37. The molecule has 19 heavy (non-hydrogen) atoms. The van der Waals surface area contributed by atoms with Crippen LogP contribution in [0.2, 0.25) is 0 Å². The third kappa shape index (κ3) is 2.22. The van der Waals surface area contributed by atoms with Gasteiger partial charge in [-0.25, -0.2) is 9.97 Å². The highest BCUT2D eigenvalue weighted by atomic mass is 16.2. The van der Waals surface area contributed by atoms with E-state index in [0.29, 0.717) is 29.8 Å². The highest BCUT2D eigenvalue weighted by Crippen LogP contribution is 2.36. The van der Waals surface area contributed by atoms with Crippen LogP contribution >= 0.6 is 0 Å². The van der Waals surface area contributed by atoms with Crippen LogP contribution in [0.1, 0.15) is 36.7 Å². The number of nitrogens with two attached hydrogens (primary N) is 2. The summed E-state index contributed by atoms with van der Waals surface area (Å²) in [7, 11) is 0. The molecule has 0 aromatic carbocycles. The van der Waals surface area contributed by atoms with Gasteiger partial charge in [-0.2, -0.15) is 0 Å². The summed E-state index contributed by atoms with van der Waals surface area (Å²) in [5, 5.41) is 0. The average Bonchev–Trinajstić information content (AvgIpc) is 3.10. The summed E-state index contributed by atoms with van der Waals surface area (Å²) in [5.41, 5.74) is 13.0. The van der Waals surface area contributed by atoms with Crippen LogP contribution in [0.5, 0.6) is 0 Å². The number of hydrogen-bond acceptors (Lipinski definition) is 5. The van der Waals surface area contributed by atoms with E-state index in [0.717, 1.165) is 31.5 Å². The highest BCUT2D eigenvalue weighted by molar-refractivity contribution is 5.81. The zero-order valence-electron chi connectivity index (χ0n) is 11.1. The van der Waals surface area contributed by atoms with E-state index in [1.807, 2.05) is 4.90 Å². The Balaban J connectivity index is 1.79. The number of carbonyl (C=O) groups excluding carboxylic acids is 1. The van der Waals surface area contributed by atoms with E-state index in [-0.39, 0.29) is 11.8 Å². The van der Waals surface area contributed by atoms with Gasteiger partial charge in [-0.15, -0.1) is 0 Å². The van der Waals surface area contributed by atoms with Crippen LogP contribution in [-0.2, 0) is 4.79 Å². The van der Waals surface area contributed by atoms with Gasteiger partial charge in [-0.3, -0.25) is 4.79 Å². The first-order valence-corrected chi connectivity index (χ1v) is 6.74. The molecule has 1 unspecified atom stereocenters. The van der Waals surface area contributed by atoms with Crippen molar-refractivity contribution < 1.29 is 4.79 Å². The molecule has 1 saturated heterocycles. The third-order valence-electron chi connectivity index (χ3n) is 3.93. The normalized spacial score (nSPS) is 22.8. The van der Waals surface area contributed by atoms with Crippen molar-refractivity contribution >= 4 is 17.4 Å². The molecule has 6 heteroatoms. The first-order valence-electron chi connectivity index (χ1n) is 6.74. The number of aryl methyl sites for hydroxylation is 1. The topological polar surface area (TPSA) is 98.1 Å². The molecule has 1 saturated carbocycles. The lowest BCUT2D eigenvalue weighted by atomic mass is 10.0. The fraction of sp³-hybridized carbons (Fsp3) is 0.615. The summed E-state index contributed by atoms with van der Waals surface area (Å²) in [6.45, 7) is 3.30. The van der Waals surface area contributed by atoms with Crippen LogP contribution in [0.25, 0.3) is 0 Å². The van der Waals surface area contributed by atoms with Gasteiger partial charge in [0.2, 0.25) is 5.91 Å². The van der Waals surface area contributed by atoms with Gasteiger partial charge in [-0.05, 0) is 26.2 Å². The molecule has 2 aliphatic rings. The Labute approximate surface area is 112 Å². The minimum Gasteiger partial charge on any atom is -0.394 e. The molecule has 0 radical (unpaired) electrons. The van der Waals surface area contributed by atoms with Gasteiger partial charge in [0, 0.05) is 24.9 Å². The van der Waals surface area contributed by atoms with E-state index in [4.69, 9.17) is 11.5 Å². The van der Waals surface area contributed by atoms with Gasteiger partial charge in [-0.1, -0.05) is 0 Å². The lowest BCUT2D eigenvalue weighted by Gasteiger charge is -2.17. The molecule has 102 valence electrons. The van der Waals surface area contributed by atoms with E-state index < -0.39 is 0 Å². The number of carbonyl (C=O) groups is 1. The lowest BCUT2D eigenvalue weighted by Crippen LogP contribution is -2.29. The molecule has 3 rings (SSSR count). The maximum atomic E-state index is 12.0. The van der Waals surface area contributed by atoms with Gasteiger partial charge in [0.1, 0.15) is 5.82 Å². The molecule has 2 heterocycles. The largest absolute Gasteiger partial charge is 0.394 e. The molecular formula is C13H19N5O. The quantitative estimate of drug-likeness (QED) is 0.815. The summed E-state index contributed by atoms with van der Waals surface area (Å²) >= 11 is 0. The van der Waals surface area contributed by atoms with E-state index >= 15 is 0 Å². The summed E-state index contributed by atoms with van der Waals surface area (Å²) in [6.07, 6.45) is 2.99. The van der Waals surface area contributed by atoms with Gasteiger partial charge in [0.25, 0.3) is 0 Å². The van der Waals surface area contributed by atoms with E-state index in [2.05, 4.69) is 9.97 Å². The van der Waals surface area contributed by atoms with Crippen LogP contribution in [0, 0.1) is 12.8 Å². The Bertz CT molecular complexity index is 526. The van der Waals surface area contributed by atoms with Crippen molar-refractivity contribution in [3.05, 3.63) is 11.5 Å². The molecule has 1 amide bonds. The fourth-order valence-electron chi connectivity index (χ4n) is 2.71. The van der Waals surface area contributed by atoms with Crippen molar-refractivity contribution in [2.75, 3.05) is 24.6 Å². The second kappa shape index (κ2) is 4.36. The second-order valence-electron chi connectivity index (χ2n) is 5.50. The van der Waals surface area contributed by atoms with Crippen LogP contribution in [-0.4, -0.2) is 33.9 Å². The van der Waals surface area contributed by atoms with Crippen molar-refractivity contribution in [2.45, 2.75) is 32.1 Å². The molecule has 0 spiro atoms. The third-order valence-corrected chi connectivity index (χ3v) is 3.93. The number of amides is 1. The Hall–Kier alpha value is -1.85. The van der Waals surface area contributed by atoms with E-state index in [9.17, 15) is 4.79 Å². The lowest BCUT2D eigenvalue weighted by molar-refractivity contribution is -0.131. The molecule has 1 aromatic heterocycles. The first-order chi connectivity index (χ1) is 9.06. The minimum atomic E-state index is 0.187. The van der Waals surface area contributed by atoms with Crippen molar-refractivity contribution in [3.8, 4) is 0 Å². The zero-order valence-corrected chi connectivity index (χ0v) is 11.1. The first kappa shape index (κ1) is 12.2. The fourth-order valence-corrected chi connectivity index (χ4v) is 2.71. The number of likely N-dealkylation sites (tertiary alicyclic amines) is 1. The minimum absolute atomic E-state index is 0.187. The predicted octanol–water partition coefficient (Wildman–Crippen LogP) is 0.675. The summed E-state index contributed by atoms with van der Waals surface area (Å²) < 4.78 is 0. The van der Waals surface area contributed by atoms with E-state index in [1.54, 1.807) is 6.92 Å². The molecule has 0 bridgehead atoms. The molecule has 4 N–H and O–H groups in total. The van der Waals surface area contributed by atoms with Crippen LogP contribution in [0.3, 0.4) is 0 Å². The number of nitrogen functional groups attached to an aromatic ring is 2. The maximum Gasteiger partial charge on any atom is 0.225 e. The van der Waals surface area contributed by atoms with Gasteiger partial charge >= 0.3 is 0 Å². The smallest absolute Gasteiger partial charge is 0.225 e. The number of nitrogens with zero attached hydrogens (tertiary/aromatic N) is 3. The molecule has 1 aliphatic carbocycles. The molecular weight excluding hydrogens is 242 g/mol. The number of hydrogen-bond donors (Lipinski definition) is 2. The van der Waals surface area contributed by atoms with Crippen LogP contribution in [0.15, 0.2) is 0 Å². The maximum absolute atomic E-state index is 12.0. The number of anilines is 2. The Morgan fingerprint density at radius 3 is 2.68 bits per heavy atom. The monoisotopic (exact) mass is 261 g/mol. The van der Waals surface area contributed by atoms with Gasteiger partial charge in [0.05, 0.1) is 11.4 Å². The molecule has 1 aliphatic heterocycles. The standard InChI is InChI=1S/C13H19N5O/c1-7-16-11(10(14)12(15)17-7)9-4-5-18(6-9)13(19)8-2-3-8/h8-9H,2-6,14H2,1H3,(H2,15,16,17). The van der Waals surface area contributed by atoms with Crippen LogP contribution < -0.4 is 11.5 Å². The molecule has 6 nitrogen and oxygen atoms in total. The van der Waals surface area contributed by atoms with Crippen molar-refractivity contribution in [1.29, 1.82) is 0 Å².